The lowest BCUT2D eigenvalue weighted by Crippen LogP contribution is -2.45. The van der Waals surface area contributed by atoms with Crippen LogP contribution in [0.5, 0.6) is 0 Å². The van der Waals surface area contributed by atoms with Crippen molar-refractivity contribution in [3.05, 3.63) is 59.4 Å². The molecule has 0 aliphatic carbocycles. The third-order valence-corrected chi connectivity index (χ3v) is 6.04. The number of carbonyl (C=O) groups is 2. The Morgan fingerprint density at radius 1 is 1.14 bits per heavy atom. The van der Waals surface area contributed by atoms with E-state index in [1.165, 1.54) is 24.3 Å². The number of anilines is 1. The van der Waals surface area contributed by atoms with Crippen LogP contribution in [0.15, 0.2) is 47.4 Å². The molecule has 0 bridgehead atoms. The zero-order valence-corrected chi connectivity index (χ0v) is 14.9. The zero-order chi connectivity index (χ0) is 20.9. The smallest absolute Gasteiger partial charge is 0.324 e. The van der Waals surface area contributed by atoms with Gasteiger partial charge in [0.1, 0.15) is 16.8 Å². The number of alkyl halides is 3. The van der Waals surface area contributed by atoms with Crippen LogP contribution in [0.1, 0.15) is 22.8 Å². The number of nitrogens with one attached hydrogen (secondary N) is 1. The Hall–Kier alpha value is -2.95. The van der Waals surface area contributed by atoms with Gasteiger partial charge in [0.25, 0.3) is 15.9 Å². The molecule has 1 N–H and O–H groups in total. The lowest BCUT2D eigenvalue weighted by Gasteiger charge is -2.22. The molecular formula is C17H12F4N2O4S. The molecule has 1 unspecified atom stereocenters. The van der Waals surface area contributed by atoms with Crippen LogP contribution in [0.25, 0.3) is 0 Å². The monoisotopic (exact) mass is 416 g/mol. The number of nitrogens with zero attached hydrogens (tertiary/aromatic N) is 1. The third kappa shape index (κ3) is 3.21. The molecule has 148 valence electrons. The summed E-state index contributed by atoms with van der Waals surface area (Å²) in [6, 6.07) is 5.62. The van der Waals surface area contributed by atoms with Gasteiger partial charge in [0.15, 0.2) is 0 Å². The Balaban J connectivity index is 1.88. The van der Waals surface area contributed by atoms with E-state index >= 15 is 0 Å². The van der Waals surface area contributed by atoms with Crippen molar-refractivity contribution in [2.75, 3.05) is 5.32 Å². The second-order valence-corrected chi connectivity index (χ2v) is 7.74. The minimum atomic E-state index is -4.98. The number of sulfonamides is 1. The van der Waals surface area contributed by atoms with Crippen molar-refractivity contribution in [2.24, 2.45) is 0 Å². The van der Waals surface area contributed by atoms with E-state index in [9.17, 15) is 35.6 Å². The SMILES string of the molecule is CC(C(=O)Nc1ccc(F)c(C(F)(F)F)c1)N1C(=O)c2ccccc2S1(=O)=O. The zero-order valence-electron chi connectivity index (χ0n) is 14.1. The highest BCUT2D eigenvalue weighted by atomic mass is 32.2. The average molecular weight is 416 g/mol. The summed E-state index contributed by atoms with van der Waals surface area (Å²) in [5.41, 5.74) is -2.09. The van der Waals surface area contributed by atoms with Crippen molar-refractivity contribution in [1.82, 2.24) is 4.31 Å². The summed E-state index contributed by atoms with van der Waals surface area (Å²) < 4.78 is 77.2. The van der Waals surface area contributed by atoms with Crippen LogP contribution >= 0.6 is 0 Å². The number of benzene rings is 2. The van der Waals surface area contributed by atoms with Crippen molar-refractivity contribution in [1.29, 1.82) is 0 Å². The predicted octanol–water partition coefficient (Wildman–Crippen LogP) is 3.02. The van der Waals surface area contributed by atoms with Crippen LogP contribution < -0.4 is 5.32 Å². The molecule has 0 aromatic heterocycles. The minimum absolute atomic E-state index is 0.108. The van der Waals surface area contributed by atoms with Crippen molar-refractivity contribution in [3.63, 3.8) is 0 Å². The molecule has 0 saturated heterocycles. The predicted molar refractivity (Wildman–Crippen MR) is 89.3 cm³/mol. The summed E-state index contributed by atoms with van der Waals surface area (Å²) in [5, 5.41) is 2.08. The van der Waals surface area contributed by atoms with E-state index < -0.39 is 51.1 Å². The maximum absolute atomic E-state index is 13.3. The lowest BCUT2D eigenvalue weighted by atomic mass is 10.1. The molecule has 0 radical (unpaired) electrons. The first-order valence-corrected chi connectivity index (χ1v) is 9.24. The first-order chi connectivity index (χ1) is 12.9. The second kappa shape index (κ2) is 6.59. The third-order valence-electron chi connectivity index (χ3n) is 4.12. The second-order valence-electron chi connectivity index (χ2n) is 5.96. The summed E-state index contributed by atoms with van der Waals surface area (Å²) in [6.07, 6.45) is -4.98. The molecule has 2 aromatic rings. The first-order valence-electron chi connectivity index (χ1n) is 7.80. The van der Waals surface area contributed by atoms with Crippen LogP contribution in [0.2, 0.25) is 0 Å². The molecule has 2 amide bonds. The number of hydrogen-bond donors (Lipinski definition) is 1. The molecule has 1 atom stereocenters. The van der Waals surface area contributed by atoms with Gasteiger partial charge in [0.05, 0.1) is 11.1 Å². The number of fused-ring (bicyclic) bond motifs is 1. The van der Waals surface area contributed by atoms with Crippen LogP contribution in [0.4, 0.5) is 23.2 Å². The highest BCUT2D eigenvalue weighted by Crippen LogP contribution is 2.34. The first kappa shape index (κ1) is 19.8. The van der Waals surface area contributed by atoms with E-state index in [1.807, 2.05) is 0 Å². The van der Waals surface area contributed by atoms with Crippen molar-refractivity contribution in [2.45, 2.75) is 24.0 Å². The van der Waals surface area contributed by atoms with Gasteiger partial charge in [-0.2, -0.15) is 13.2 Å². The average Bonchev–Trinajstić information content (AvgIpc) is 2.81. The van der Waals surface area contributed by atoms with Crippen molar-refractivity contribution in [3.8, 4) is 0 Å². The molecule has 0 fully saturated rings. The van der Waals surface area contributed by atoms with Gasteiger partial charge in [-0.05, 0) is 37.3 Å². The summed E-state index contributed by atoms with van der Waals surface area (Å²) in [4.78, 5) is 24.5. The van der Waals surface area contributed by atoms with Gasteiger partial charge in [-0.3, -0.25) is 9.59 Å². The van der Waals surface area contributed by atoms with E-state index in [4.69, 9.17) is 0 Å². The number of hydrogen-bond acceptors (Lipinski definition) is 4. The molecule has 1 heterocycles. The van der Waals surface area contributed by atoms with Gasteiger partial charge in [-0.15, -0.1) is 0 Å². The molecule has 0 spiro atoms. The Morgan fingerprint density at radius 2 is 1.79 bits per heavy atom. The highest BCUT2D eigenvalue weighted by Gasteiger charge is 2.45. The van der Waals surface area contributed by atoms with E-state index in [-0.39, 0.29) is 10.5 Å². The standard InChI is InChI=1S/C17H12F4N2O4S/c1-9(23-16(25)11-4-2-3-5-14(11)28(23,26)27)15(24)22-10-6-7-13(18)12(8-10)17(19,20)21/h2-9H,1H3,(H,22,24). The normalized spacial score (nSPS) is 16.6. The summed E-state index contributed by atoms with van der Waals surface area (Å²) in [5.74, 6) is -3.50. The molecule has 1 aliphatic rings. The van der Waals surface area contributed by atoms with Gasteiger partial charge in [0.2, 0.25) is 5.91 Å². The Bertz CT molecular complexity index is 1080. The van der Waals surface area contributed by atoms with Gasteiger partial charge in [0, 0.05) is 5.69 Å². The molecule has 1 aliphatic heterocycles. The maximum Gasteiger partial charge on any atom is 0.419 e. The topological polar surface area (TPSA) is 83.6 Å². The fraction of sp³-hybridized carbons (Fsp3) is 0.176. The number of amides is 2. The molecule has 0 saturated carbocycles. The lowest BCUT2D eigenvalue weighted by molar-refractivity contribution is -0.140. The summed E-state index contributed by atoms with van der Waals surface area (Å²) >= 11 is 0. The molecule has 28 heavy (non-hydrogen) atoms. The Morgan fingerprint density at radius 3 is 2.39 bits per heavy atom. The Kier molecular flexibility index (Phi) is 4.66. The Labute approximate surface area is 156 Å². The van der Waals surface area contributed by atoms with Crippen LogP contribution in [0.3, 0.4) is 0 Å². The highest BCUT2D eigenvalue weighted by molar-refractivity contribution is 7.90. The number of carbonyl (C=O) groups excluding carboxylic acids is 2. The minimum Gasteiger partial charge on any atom is -0.324 e. The fourth-order valence-electron chi connectivity index (χ4n) is 2.76. The van der Waals surface area contributed by atoms with Gasteiger partial charge < -0.3 is 5.32 Å². The molecule has 6 nitrogen and oxygen atoms in total. The molecule has 2 aromatic carbocycles. The molecule has 11 heteroatoms. The fourth-order valence-corrected chi connectivity index (χ4v) is 4.48. The summed E-state index contributed by atoms with van der Waals surface area (Å²) in [7, 11) is -4.29. The van der Waals surface area contributed by atoms with Crippen molar-refractivity contribution < 1.29 is 35.6 Å². The van der Waals surface area contributed by atoms with E-state index in [1.54, 1.807) is 0 Å². The van der Waals surface area contributed by atoms with Crippen LogP contribution in [-0.4, -0.2) is 30.6 Å². The summed E-state index contributed by atoms with van der Waals surface area (Å²) in [6.45, 7) is 1.12. The maximum atomic E-state index is 13.3. The van der Waals surface area contributed by atoms with Crippen LogP contribution in [-0.2, 0) is 21.0 Å². The molecule has 3 rings (SSSR count). The van der Waals surface area contributed by atoms with E-state index in [2.05, 4.69) is 5.32 Å². The van der Waals surface area contributed by atoms with Gasteiger partial charge >= 0.3 is 6.18 Å². The number of rotatable bonds is 3. The van der Waals surface area contributed by atoms with E-state index in [0.29, 0.717) is 16.4 Å². The quantitative estimate of drug-likeness (QED) is 0.780. The van der Waals surface area contributed by atoms with Gasteiger partial charge in [-0.1, -0.05) is 12.1 Å². The molecular weight excluding hydrogens is 404 g/mol. The van der Waals surface area contributed by atoms with Gasteiger partial charge in [-0.25, -0.2) is 17.1 Å². The number of halogens is 4. The van der Waals surface area contributed by atoms with Crippen molar-refractivity contribution >= 4 is 27.5 Å². The largest absolute Gasteiger partial charge is 0.419 e. The van der Waals surface area contributed by atoms with Crippen LogP contribution in [0, 0.1) is 5.82 Å². The van der Waals surface area contributed by atoms with E-state index in [0.717, 1.165) is 13.0 Å².